The van der Waals surface area contributed by atoms with Gasteiger partial charge in [-0.2, -0.15) is 4.31 Å². The number of piperazine rings is 1. The van der Waals surface area contributed by atoms with Crippen molar-refractivity contribution in [2.45, 2.75) is 18.7 Å². The summed E-state index contributed by atoms with van der Waals surface area (Å²) >= 11 is 0. The fraction of sp³-hybridized carbons (Fsp3) is 0.381. The van der Waals surface area contributed by atoms with Crippen LogP contribution in [0.15, 0.2) is 47.4 Å². The summed E-state index contributed by atoms with van der Waals surface area (Å²) < 4.78 is 32.4. The first-order valence-electron chi connectivity index (χ1n) is 10.3. The Morgan fingerprint density at radius 3 is 2.31 bits per heavy atom. The molecule has 2 aromatic carbocycles. The zero-order valence-electron chi connectivity index (χ0n) is 18.0. The quantitative estimate of drug-likeness (QED) is 0.472. The number of carbonyl (C=O) groups excluding carboxylic acids is 1. The second-order valence-electron chi connectivity index (χ2n) is 7.19. The Balaban J connectivity index is 1.71. The van der Waals surface area contributed by atoms with Crippen LogP contribution < -0.4 is 10.1 Å². The molecule has 1 amide bonds. The summed E-state index contributed by atoms with van der Waals surface area (Å²) in [6.45, 7) is 7.16. The maximum Gasteiger partial charge on any atom is 0.311 e. The van der Waals surface area contributed by atoms with E-state index in [0.717, 1.165) is 12.6 Å². The second-order valence-corrected chi connectivity index (χ2v) is 9.13. The van der Waals surface area contributed by atoms with E-state index in [0.29, 0.717) is 31.9 Å². The average molecular weight is 463 g/mol. The number of hydrogen-bond donors (Lipinski definition) is 1. The average Bonchev–Trinajstić information content (AvgIpc) is 2.79. The number of carbonyl (C=O) groups is 1. The summed E-state index contributed by atoms with van der Waals surface area (Å²) in [7, 11) is -3.61. The third-order valence-electron chi connectivity index (χ3n) is 5.25. The molecule has 1 saturated heterocycles. The van der Waals surface area contributed by atoms with Crippen LogP contribution in [0.3, 0.4) is 0 Å². The Morgan fingerprint density at radius 2 is 1.75 bits per heavy atom. The van der Waals surface area contributed by atoms with Gasteiger partial charge in [0.15, 0.2) is 5.75 Å². The van der Waals surface area contributed by atoms with Crippen LogP contribution in [-0.2, 0) is 10.0 Å². The number of ether oxygens (including phenoxy) is 1. The van der Waals surface area contributed by atoms with Crippen LogP contribution in [0.1, 0.15) is 24.2 Å². The molecule has 1 fully saturated rings. The van der Waals surface area contributed by atoms with Gasteiger partial charge in [-0.3, -0.25) is 14.9 Å². The van der Waals surface area contributed by atoms with E-state index >= 15 is 0 Å². The van der Waals surface area contributed by atoms with Crippen molar-refractivity contribution in [1.29, 1.82) is 0 Å². The Kier molecular flexibility index (Phi) is 7.44. The SMILES string of the molecule is CCOc1ccc(C(=O)Nc2ccc(S(=O)(=O)N3CCN(CC)CC3)cc2)cc1[N+](=O)[O-]. The maximum absolute atomic E-state index is 12.9. The number of amides is 1. The lowest BCUT2D eigenvalue weighted by Gasteiger charge is -2.33. The van der Waals surface area contributed by atoms with Gasteiger partial charge in [0.2, 0.25) is 10.0 Å². The van der Waals surface area contributed by atoms with Crippen LogP contribution in [0.2, 0.25) is 0 Å². The molecule has 0 unspecified atom stereocenters. The second kappa shape index (κ2) is 10.1. The molecule has 0 spiro atoms. The third-order valence-corrected chi connectivity index (χ3v) is 7.16. The summed E-state index contributed by atoms with van der Waals surface area (Å²) in [6.07, 6.45) is 0. The highest BCUT2D eigenvalue weighted by Gasteiger charge is 2.28. The van der Waals surface area contributed by atoms with Gasteiger partial charge in [-0.25, -0.2) is 8.42 Å². The molecule has 1 heterocycles. The van der Waals surface area contributed by atoms with Crippen LogP contribution >= 0.6 is 0 Å². The summed E-state index contributed by atoms with van der Waals surface area (Å²) in [5.41, 5.74) is 0.163. The number of nitrogens with zero attached hydrogens (tertiary/aromatic N) is 3. The first kappa shape index (κ1) is 23.6. The summed E-state index contributed by atoms with van der Waals surface area (Å²) in [5, 5.41) is 13.9. The highest BCUT2D eigenvalue weighted by Crippen LogP contribution is 2.28. The molecule has 0 bridgehead atoms. The Hall–Kier alpha value is -3.02. The Morgan fingerprint density at radius 1 is 1.09 bits per heavy atom. The van der Waals surface area contributed by atoms with Crippen molar-refractivity contribution in [1.82, 2.24) is 9.21 Å². The Bertz CT molecular complexity index is 1080. The molecule has 1 aliphatic rings. The lowest BCUT2D eigenvalue weighted by molar-refractivity contribution is -0.385. The number of hydrogen-bond acceptors (Lipinski definition) is 7. The number of nitro benzene ring substituents is 1. The summed E-state index contributed by atoms with van der Waals surface area (Å²) in [6, 6.07) is 9.84. The number of nitro groups is 1. The van der Waals surface area contributed by atoms with Crippen molar-refractivity contribution < 1.29 is 22.9 Å². The highest BCUT2D eigenvalue weighted by atomic mass is 32.2. The third kappa shape index (κ3) is 5.23. The van der Waals surface area contributed by atoms with Crippen molar-refractivity contribution in [3.8, 4) is 5.75 Å². The summed E-state index contributed by atoms with van der Waals surface area (Å²) in [5.74, 6) is -0.467. The molecule has 11 heteroatoms. The van der Waals surface area contributed by atoms with E-state index in [1.54, 1.807) is 6.92 Å². The largest absolute Gasteiger partial charge is 0.487 e. The van der Waals surface area contributed by atoms with Gasteiger partial charge in [-0.05, 0) is 49.9 Å². The molecule has 0 saturated carbocycles. The number of anilines is 1. The molecular weight excluding hydrogens is 436 g/mol. The van der Waals surface area contributed by atoms with Crippen LogP contribution in [-0.4, -0.2) is 67.8 Å². The highest BCUT2D eigenvalue weighted by molar-refractivity contribution is 7.89. The van der Waals surface area contributed by atoms with Gasteiger partial charge in [-0.1, -0.05) is 6.92 Å². The van der Waals surface area contributed by atoms with Gasteiger partial charge in [0.25, 0.3) is 5.91 Å². The molecule has 2 aromatic rings. The molecule has 0 aliphatic carbocycles. The monoisotopic (exact) mass is 462 g/mol. The zero-order chi connectivity index (χ0) is 23.3. The smallest absolute Gasteiger partial charge is 0.311 e. The maximum atomic E-state index is 12.9. The van der Waals surface area contributed by atoms with Crippen LogP contribution in [0.25, 0.3) is 0 Å². The molecule has 3 rings (SSSR count). The normalized spacial score (nSPS) is 15.3. The molecule has 0 aromatic heterocycles. The first-order valence-corrected chi connectivity index (χ1v) is 11.8. The Labute approximate surface area is 187 Å². The van der Waals surface area contributed by atoms with Gasteiger partial charge in [0, 0.05) is 43.5 Å². The minimum Gasteiger partial charge on any atom is -0.487 e. The first-order chi connectivity index (χ1) is 15.3. The van der Waals surface area contributed by atoms with Crippen LogP contribution in [0, 0.1) is 10.1 Å². The number of nitrogens with one attached hydrogen (secondary N) is 1. The van der Waals surface area contributed by atoms with Crippen LogP contribution in [0.4, 0.5) is 11.4 Å². The van der Waals surface area contributed by atoms with Gasteiger partial charge in [-0.15, -0.1) is 0 Å². The van der Waals surface area contributed by atoms with Gasteiger partial charge >= 0.3 is 5.69 Å². The molecule has 0 atom stereocenters. The zero-order valence-corrected chi connectivity index (χ0v) is 18.8. The van der Waals surface area contributed by atoms with E-state index in [-0.39, 0.29) is 28.5 Å². The van der Waals surface area contributed by atoms with Crippen LogP contribution in [0.5, 0.6) is 5.75 Å². The molecular formula is C21H26N4O6S. The molecule has 32 heavy (non-hydrogen) atoms. The number of benzene rings is 2. The number of rotatable bonds is 8. The van der Waals surface area contributed by atoms with E-state index in [9.17, 15) is 23.3 Å². The van der Waals surface area contributed by atoms with E-state index in [4.69, 9.17) is 4.74 Å². The topological polar surface area (TPSA) is 122 Å². The number of likely N-dealkylation sites (N-methyl/N-ethyl adjacent to an activating group) is 1. The van der Waals surface area contributed by atoms with Gasteiger partial charge in [0.05, 0.1) is 16.4 Å². The van der Waals surface area contributed by atoms with E-state index < -0.39 is 20.9 Å². The molecule has 172 valence electrons. The van der Waals surface area contributed by atoms with Crippen molar-refractivity contribution in [3.05, 3.63) is 58.1 Å². The van der Waals surface area contributed by atoms with Crippen molar-refractivity contribution in [2.24, 2.45) is 0 Å². The predicted octanol–water partition coefficient (Wildman–Crippen LogP) is 2.57. The molecule has 0 radical (unpaired) electrons. The predicted molar refractivity (Wildman–Crippen MR) is 120 cm³/mol. The fourth-order valence-corrected chi connectivity index (χ4v) is 4.85. The minimum atomic E-state index is -3.61. The lowest BCUT2D eigenvalue weighted by Crippen LogP contribution is -2.48. The van der Waals surface area contributed by atoms with Gasteiger partial charge in [0.1, 0.15) is 0 Å². The van der Waals surface area contributed by atoms with Crippen molar-refractivity contribution in [3.63, 3.8) is 0 Å². The van der Waals surface area contributed by atoms with E-state index in [1.807, 2.05) is 6.92 Å². The van der Waals surface area contributed by atoms with E-state index in [2.05, 4.69) is 10.2 Å². The lowest BCUT2D eigenvalue weighted by atomic mass is 10.1. The van der Waals surface area contributed by atoms with Gasteiger partial charge < -0.3 is 15.0 Å². The molecule has 1 aliphatic heterocycles. The minimum absolute atomic E-state index is 0.0865. The fourth-order valence-electron chi connectivity index (χ4n) is 3.43. The number of sulfonamides is 1. The summed E-state index contributed by atoms with van der Waals surface area (Å²) in [4.78, 5) is 25.5. The van der Waals surface area contributed by atoms with Crippen molar-refractivity contribution >= 4 is 27.3 Å². The molecule has 1 N–H and O–H groups in total. The molecule has 10 nitrogen and oxygen atoms in total. The standard InChI is InChI=1S/C21H26N4O6S/c1-3-23-11-13-24(14-12-23)32(29,30)18-8-6-17(7-9-18)22-21(26)16-5-10-20(31-4-2)19(15-16)25(27)28/h5-10,15H,3-4,11-14H2,1-2H3,(H,22,26). The van der Waals surface area contributed by atoms with E-state index in [1.165, 1.54) is 40.7 Å². The van der Waals surface area contributed by atoms with Crippen molar-refractivity contribution in [2.75, 3.05) is 44.6 Å².